The molecule has 0 aliphatic carbocycles. The van der Waals surface area contributed by atoms with Crippen molar-refractivity contribution in [2.45, 2.75) is 124 Å². The van der Waals surface area contributed by atoms with Crippen LogP contribution in [0.1, 0.15) is 112 Å². The highest BCUT2D eigenvalue weighted by Gasteiger charge is 2.38. The predicted molar refractivity (Wildman–Crippen MR) is 152 cm³/mol. The maximum Gasteiger partial charge on any atom is 0.408 e. The largest absolute Gasteiger partial charge is 0.508 e. The van der Waals surface area contributed by atoms with Crippen LogP contribution in [0.15, 0.2) is 24.3 Å². The lowest BCUT2D eigenvalue weighted by Gasteiger charge is -2.37. The predicted octanol–water partition coefficient (Wildman–Crippen LogP) is 6.09. The molecular weight excluding hydrogens is 482 g/mol. The summed E-state index contributed by atoms with van der Waals surface area (Å²) >= 11 is 0. The molecular formula is C30H51N3O5. The van der Waals surface area contributed by atoms with Gasteiger partial charge in [-0.1, -0.05) is 65.0 Å². The Labute approximate surface area is 229 Å². The van der Waals surface area contributed by atoms with Gasteiger partial charge in [0.05, 0.1) is 0 Å². The van der Waals surface area contributed by atoms with Crippen molar-refractivity contribution < 1.29 is 24.2 Å². The quantitative estimate of drug-likeness (QED) is 0.266. The second-order valence-corrected chi connectivity index (χ2v) is 12.4. The Bertz CT molecular complexity index is 902. The summed E-state index contributed by atoms with van der Waals surface area (Å²) in [4.78, 5) is 42.0. The van der Waals surface area contributed by atoms with Crippen LogP contribution in [0, 0.1) is 5.92 Å². The zero-order valence-electron chi connectivity index (χ0n) is 25.0. The number of carbonyl (C=O) groups is 3. The van der Waals surface area contributed by atoms with Crippen LogP contribution < -0.4 is 10.6 Å². The monoisotopic (exact) mass is 533 g/mol. The number of hydrogen-bond acceptors (Lipinski definition) is 5. The smallest absolute Gasteiger partial charge is 0.408 e. The summed E-state index contributed by atoms with van der Waals surface area (Å²) in [6.45, 7) is 17.1. The van der Waals surface area contributed by atoms with E-state index in [-0.39, 0.29) is 23.5 Å². The number of alkyl carbamates (subject to hydrolysis) is 1. The van der Waals surface area contributed by atoms with E-state index in [1.165, 1.54) is 12.1 Å². The van der Waals surface area contributed by atoms with Crippen molar-refractivity contribution in [3.63, 3.8) is 0 Å². The number of hydrogen-bond donors (Lipinski definition) is 3. The molecule has 0 aliphatic rings. The second kappa shape index (κ2) is 15.0. The maximum absolute atomic E-state index is 14.1. The first-order chi connectivity index (χ1) is 17.6. The normalized spacial score (nSPS) is 13.5. The van der Waals surface area contributed by atoms with Crippen LogP contribution in [-0.2, 0) is 14.3 Å². The summed E-state index contributed by atoms with van der Waals surface area (Å²) in [5, 5.41) is 16.0. The molecule has 38 heavy (non-hydrogen) atoms. The number of carbonyl (C=O) groups excluding carboxylic acids is 3. The molecule has 0 heterocycles. The summed E-state index contributed by atoms with van der Waals surface area (Å²) in [5.74, 6) is -0.952. The number of ether oxygens (including phenoxy) is 1. The van der Waals surface area contributed by atoms with E-state index in [1.54, 1.807) is 37.8 Å². The zero-order chi connectivity index (χ0) is 29.1. The van der Waals surface area contributed by atoms with Crippen LogP contribution in [0.2, 0.25) is 0 Å². The van der Waals surface area contributed by atoms with Gasteiger partial charge < -0.3 is 25.4 Å². The van der Waals surface area contributed by atoms with Crippen molar-refractivity contribution in [3.05, 3.63) is 29.8 Å². The first-order valence-electron chi connectivity index (χ1n) is 14.0. The molecule has 0 saturated carbocycles. The lowest BCUT2D eigenvalue weighted by atomic mass is 9.97. The fourth-order valence-corrected chi connectivity index (χ4v) is 4.16. The van der Waals surface area contributed by atoms with Crippen LogP contribution >= 0.6 is 0 Å². The Hall–Kier alpha value is -2.77. The molecule has 8 nitrogen and oxygen atoms in total. The molecule has 0 bridgehead atoms. The molecule has 1 aromatic rings. The Balaban J connectivity index is 3.44. The van der Waals surface area contributed by atoms with E-state index in [2.05, 4.69) is 17.6 Å². The van der Waals surface area contributed by atoms with E-state index in [0.29, 0.717) is 18.5 Å². The Morgan fingerprint density at radius 2 is 1.58 bits per heavy atom. The summed E-state index contributed by atoms with van der Waals surface area (Å²) in [7, 11) is 0. The van der Waals surface area contributed by atoms with Crippen molar-refractivity contribution in [2.75, 3.05) is 6.54 Å². The van der Waals surface area contributed by atoms with Gasteiger partial charge in [0.25, 0.3) is 0 Å². The van der Waals surface area contributed by atoms with Crippen LogP contribution in [0.3, 0.4) is 0 Å². The minimum absolute atomic E-state index is 0.00955. The van der Waals surface area contributed by atoms with Gasteiger partial charge in [-0.2, -0.15) is 0 Å². The van der Waals surface area contributed by atoms with Gasteiger partial charge in [0.1, 0.15) is 23.4 Å². The molecule has 2 atom stereocenters. The molecule has 3 N–H and O–H groups in total. The van der Waals surface area contributed by atoms with Gasteiger partial charge in [-0.05, 0) is 71.6 Å². The van der Waals surface area contributed by atoms with E-state index >= 15 is 0 Å². The number of amides is 3. The van der Waals surface area contributed by atoms with Crippen LogP contribution in [-0.4, -0.2) is 51.6 Å². The molecule has 0 saturated heterocycles. The van der Waals surface area contributed by atoms with Gasteiger partial charge in [0, 0.05) is 12.1 Å². The van der Waals surface area contributed by atoms with Gasteiger partial charge in [-0.3, -0.25) is 9.59 Å². The Kier molecular flexibility index (Phi) is 13.1. The SMILES string of the molecule is CCCCCCCCN(C(=O)C(NC(=O)OC(C)(C)C)C(C)C)C(C(=O)NC(C)(C)C)c1cccc(O)c1. The first-order valence-corrected chi connectivity index (χ1v) is 14.0. The second-order valence-electron chi connectivity index (χ2n) is 12.4. The molecule has 1 aromatic carbocycles. The summed E-state index contributed by atoms with van der Waals surface area (Å²) in [6, 6.07) is 4.57. The third-order valence-corrected chi connectivity index (χ3v) is 5.88. The molecule has 216 valence electrons. The third kappa shape index (κ3) is 12.2. The highest BCUT2D eigenvalue weighted by atomic mass is 16.6. The highest BCUT2D eigenvalue weighted by molar-refractivity contribution is 5.92. The van der Waals surface area contributed by atoms with Gasteiger partial charge in [0.15, 0.2) is 0 Å². The highest BCUT2D eigenvalue weighted by Crippen LogP contribution is 2.28. The molecule has 8 heteroatoms. The maximum atomic E-state index is 14.1. The molecule has 0 aromatic heterocycles. The average Bonchev–Trinajstić information content (AvgIpc) is 2.76. The molecule has 0 spiro atoms. The van der Waals surface area contributed by atoms with Crippen molar-refractivity contribution in [1.82, 2.24) is 15.5 Å². The zero-order valence-corrected chi connectivity index (χ0v) is 25.0. The van der Waals surface area contributed by atoms with Crippen LogP contribution in [0.4, 0.5) is 4.79 Å². The number of aromatic hydroxyl groups is 1. The topological polar surface area (TPSA) is 108 Å². The number of phenols is 1. The lowest BCUT2D eigenvalue weighted by Crippen LogP contribution is -2.56. The van der Waals surface area contributed by atoms with E-state index in [4.69, 9.17) is 4.74 Å². The number of nitrogens with one attached hydrogen (secondary N) is 2. The molecule has 0 aliphatic heterocycles. The Morgan fingerprint density at radius 1 is 0.974 bits per heavy atom. The van der Waals surface area contributed by atoms with Gasteiger partial charge in [-0.15, -0.1) is 0 Å². The van der Waals surface area contributed by atoms with Crippen molar-refractivity contribution in [3.8, 4) is 5.75 Å². The van der Waals surface area contributed by atoms with Crippen molar-refractivity contribution in [1.29, 1.82) is 0 Å². The van der Waals surface area contributed by atoms with Gasteiger partial charge in [0.2, 0.25) is 11.8 Å². The lowest BCUT2D eigenvalue weighted by molar-refractivity contribution is -0.144. The first kappa shape index (κ1) is 33.3. The number of rotatable bonds is 13. The van der Waals surface area contributed by atoms with E-state index in [9.17, 15) is 19.5 Å². The minimum Gasteiger partial charge on any atom is -0.508 e. The van der Waals surface area contributed by atoms with E-state index in [0.717, 1.165) is 32.1 Å². The van der Waals surface area contributed by atoms with E-state index < -0.39 is 29.3 Å². The molecule has 0 fully saturated rings. The molecule has 1 rings (SSSR count). The van der Waals surface area contributed by atoms with Crippen molar-refractivity contribution >= 4 is 17.9 Å². The minimum atomic E-state index is -0.980. The summed E-state index contributed by atoms with van der Waals surface area (Å²) in [5.41, 5.74) is -0.748. The van der Waals surface area contributed by atoms with Gasteiger partial charge in [-0.25, -0.2) is 4.79 Å². The number of unbranched alkanes of at least 4 members (excludes halogenated alkanes) is 5. The molecule has 2 unspecified atom stereocenters. The summed E-state index contributed by atoms with van der Waals surface area (Å²) in [6.07, 6.45) is 5.43. The summed E-state index contributed by atoms with van der Waals surface area (Å²) < 4.78 is 5.43. The van der Waals surface area contributed by atoms with Gasteiger partial charge >= 0.3 is 6.09 Å². The van der Waals surface area contributed by atoms with Crippen LogP contribution in [0.25, 0.3) is 0 Å². The van der Waals surface area contributed by atoms with Crippen LogP contribution in [0.5, 0.6) is 5.75 Å². The third-order valence-electron chi connectivity index (χ3n) is 5.88. The average molecular weight is 534 g/mol. The Morgan fingerprint density at radius 3 is 2.11 bits per heavy atom. The number of benzene rings is 1. The van der Waals surface area contributed by atoms with Crippen molar-refractivity contribution in [2.24, 2.45) is 5.92 Å². The fourth-order valence-electron chi connectivity index (χ4n) is 4.16. The van der Waals surface area contributed by atoms with E-state index in [1.807, 2.05) is 34.6 Å². The number of nitrogens with zero attached hydrogens (tertiary/aromatic N) is 1. The fraction of sp³-hybridized carbons (Fsp3) is 0.700. The number of phenolic OH excluding ortho intramolecular Hbond substituents is 1. The standard InChI is InChI=1S/C30H51N3O5/c1-10-11-12-13-14-15-19-33(27(36)24(21(2)3)31-28(37)38-30(7,8)9)25(26(35)32-29(4,5)6)22-17-16-18-23(34)20-22/h16-18,20-21,24-25,34H,10-15,19H2,1-9H3,(H,31,37)(H,32,35). The molecule has 3 amide bonds. The molecule has 0 radical (unpaired) electrons.